The number of amides is 1. The average Bonchev–Trinajstić information content (AvgIpc) is 2.29. The van der Waals surface area contributed by atoms with E-state index in [1.165, 1.54) is 19.3 Å². The summed E-state index contributed by atoms with van der Waals surface area (Å²) in [5.74, 6) is 0.811. The molecule has 0 aromatic rings. The largest absolute Gasteiger partial charge is 0.352 e. The maximum absolute atomic E-state index is 12.2. The molecule has 3 N–H and O–H groups in total. The maximum atomic E-state index is 12.2. The fourth-order valence-corrected chi connectivity index (χ4v) is 2.68. The zero-order valence-corrected chi connectivity index (χ0v) is 12.3. The van der Waals surface area contributed by atoms with E-state index < -0.39 is 5.54 Å². The fraction of sp³-hybridized carbons (Fsp3) is 0.933. The average molecular weight is 254 g/mol. The molecule has 1 amide bonds. The Morgan fingerprint density at radius 3 is 2.33 bits per heavy atom. The Labute approximate surface area is 112 Å². The van der Waals surface area contributed by atoms with Gasteiger partial charge in [-0.05, 0) is 32.1 Å². The molecular formula is C15H30N2O. The Hall–Kier alpha value is -0.570. The van der Waals surface area contributed by atoms with Crippen LogP contribution in [0.5, 0.6) is 0 Å². The van der Waals surface area contributed by atoms with Gasteiger partial charge in [0.2, 0.25) is 5.91 Å². The Bertz CT molecular complexity index is 257. The molecule has 1 fully saturated rings. The molecule has 0 spiro atoms. The summed E-state index contributed by atoms with van der Waals surface area (Å²) in [5.41, 5.74) is 5.62. The van der Waals surface area contributed by atoms with Crippen LogP contribution in [0.3, 0.4) is 0 Å². The predicted molar refractivity (Wildman–Crippen MR) is 76.3 cm³/mol. The van der Waals surface area contributed by atoms with Gasteiger partial charge in [-0.15, -0.1) is 0 Å². The van der Waals surface area contributed by atoms with Gasteiger partial charge >= 0.3 is 0 Å². The van der Waals surface area contributed by atoms with E-state index in [0.717, 1.165) is 38.0 Å². The first-order valence-corrected chi connectivity index (χ1v) is 7.54. The van der Waals surface area contributed by atoms with Crippen molar-refractivity contribution in [2.45, 2.75) is 83.7 Å². The first-order chi connectivity index (χ1) is 8.44. The van der Waals surface area contributed by atoms with Gasteiger partial charge in [0.05, 0.1) is 5.54 Å². The van der Waals surface area contributed by atoms with Crippen molar-refractivity contribution in [3.63, 3.8) is 0 Å². The zero-order valence-electron chi connectivity index (χ0n) is 12.3. The van der Waals surface area contributed by atoms with Gasteiger partial charge in [0.1, 0.15) is 0 Å². The molecule has 106 valence electrons. The summed E-state index contributed by atoms with van der Waals surface area (Å²) in [6.07, 6.45) is 8.55. The number of carbonyl (C=O) groups excluding carboxylic acids is 1. The van der Waals surface area contributed by atoms with Gasteiger partial charge in [-0.25, -0.2) is 0 Å². The molecule has 1 aliphatic rings. The molecule has 1 rings (SSSR count). The predicted octanol–water partition coefficient (Wildman–Crippen LogP) is 2.98. The van der Waals surface area contributed by atoms with Gasteiger partial charge in [0, 0.05) is 6.04 Å². The lowest BCUT2D eigenvalue weighted by molar-refractivity contribution is -0.128. The van der Waals surface area contributed by atoms with Crippen LogP contribution in [0.1, 0.15) is 72.1 Å². The number of hydrogen-bond acceptors (Lipinski definition) is 2. The summed E-state index contributed by atoms with van der Waals surface area (Å²) in [5, 5.41) is 3.10. The second kappa shape index (κ2) is 7.13. The maximum Gasteiger partial charge on any atom is 0.240 e. The van der Waals surface area contributed by atoms with Crippen LogP contribution in [0, 0.1) is 5.92 Å². The van der Waals surface area contributed by atoms with Crippen molar-refractivity contribution in [2.24, 2.45) is 11.7 Å². The third kappa shape index (κ3) is 4.97. The molecule has 3 nitrogen and oxygen atoms in total. The van der Waals surface area contributed by atoms with Gasteiger partial charge in [0.25, 0.3) is 0 Å². The van der Waals surface area contributed by atoms with Crippen molar-refractivity contribution < 1.29 is 4.79 Å². The lowest BCUT2D eigenvalue weighted by Gasteiger charge is -2.33. The number of rotatable bonds is 6. The highest BCUT2D eigenvalue weighted by molar-refractivity contribution is 5.86. The van der Waals surface area contributed by atoms with E-state index in [1.54, 1.807) is 0 Å². The highest BCUT2D eigenvalue weighted by Gasteiger charge is 2.35. The number of carbonyl (C=O) groups is 1. The first-order valence-electron chi connectivity index (χ1n) is 7.54. The smallest absolute Gasteiger partial charge is 0.240 e. The number of hydrogen-bond donors (Lipinski definition) is 2. The summed E-state index contributed by atoms with van der Waals surface area (Å²) in [4.78, 5) is 12.2. The van der Waals surface area contributed by atoms with Crippen LogP contribution in [0.4, 0.5) is 0 Å². The summed E-state index contributed by atoms with van der Waals surface area (Å²) in [7, 11) is 0. The van der Waals surface area contributed by atoms with Crippen LogP contribution < -0.4 is 11.1 Å². The SMILES string of the molecule is CC(C)CCCC(C)NC(=O)C1(N)CCCCC1. The summed E-state index contributed by atoms with van der Waals surface area (Å²) >= 11 is 0. The quantitative estimate of drug-likeness (QED) is 0.765. The standard InChI is InChI=1S/C15H30N2O/c1-12(2)8-7-9-13(3)17-14(18)15(16)10-5-4-6-11-15/h12-13H,4-11,16H2,1-3H3,(H,17,18). The summed E-state index contributed by atoms with van der Waals surface area (Å²) in [6.45, 7) is 6.56. The molecular weight excluding hydrogens is 224 g/mol. The van der Waals surface area contributed by atoms with E-state index in [2.05, 4.69) is 26.1 Å². The van der Waals surface area contributed by atoms with Crippen molar-refractivity contribution >= 4 is 5.91 Å². The van der Waals surface area contributed by atoms with Crippen LogP contribution >= 0.6 is 0 Å². The summed E-state index contributed by atoms with van der Waals surface area (Å²) < 4.78 is 0. The van der Waals surface area contributed by atoms with E-state index >= 15 is 0 Å². The van der Waals surface area contributed by atoms with Crippen molar-refractivity contribution in [1.29, 1.82) is 0 Å². The molecule has 18 heavy (non-hydrogen) atoms. The van der Waals surface area contributed by atoms with Crippen molar-refractivity contribution in [1.82, 2.24) is 5.32 Å². The van der Waals surface area contributed by atoms with Crippen LogP contribution in [-0.2, 0) is 4.79 Å². The van der Waals surface area contributed by atoms with Gasteiger partial charge in [-0.3, -0.25) is 4.79 Å². The number of nitrogens with two attached hydrogens (primary N) is 1. The van der Waals surface area contributed by atoms with Crippen LogP contribution in [0.15, 0.2) is 0 Å². The fourth-order valence-electron chi connectivity index (χ4n) is 2.68. The lowest BCUT2D eigenvalue weighted by atomic mass is 9.81. The molecule has 0 bridgehead atoms. The highest BCUT2D eigenvalue weighted by atomic mass is 16.2. The Kier molecular flexibility index (Phi) is 6.13. The van der Waals surface area contributed by atoms with E-state index in [9.17, 15) is 4.79 Å². The normalized spacial score (nSPS) is 20.7. The molecule has 0 radical (unpaired) electrons. The van der Waals surface area contributed by atoms with Crippen molar-refractivity contribution in [2.75, 3.05) is 0 Å². The Balaban J connectivity index is 2.29. The van der Waals surface area contributed by atoms with Crippen molar-refractivity contribution in [3.05, 3.63) is 0 Å². The molecule has 0 aliphatic heterocycles. The second-order valence-electron chi connectivity index (χ2n) is 6.42. The van der Waals surface area contributed by atoms with E-state index in [4.69, 9.17) is 5.73 Å². The summed E-state index contributed by atoms with van der Waals surface area (Å²) in [6, 6.07) is 0.249. The molecule has 0 saturated heterocycles. The highest BCUT2D eigenvalue weighted by Crippen LogP contribution is 2.26. The minimum atomic E-state index is -0.593. The Morgan fingerprint density at radius 1 is 1.17 bits per heavy atom. The molecule has 1 saturated carbocycles. The van der Waals surface area contributed by atoms with Crippen LogP contribution in [0.25, 0.3) is 0 Å². The minimum absolute atomic E-state index is 0.0687. The monoisotopic (exact) mass is 254 g/mol. The van der Waals surface area contributed by atoms with Gasteiger partial charge in [0.15, 0.2) is 0 Å². The van der Waals surface area contributed by atoms with Crippen molar-refractivity contribution in [3.8, 4) is 0 Å². The zero-order chi connectivity index (χ0) is 13.6. The molecule has 3 heteroatoms. The van der Waals surface area contributed by atoms with Crippen LogP contribution in [-0.4, -0.2) is 17.5 Å². The third-order valence-electron chi connectivity index (χ3n) is 3.99. The van der Waals surface area contributed by atoms with Gasteiger partial charge in [-0.1, -0.05) is 46.0 Å². The minimum Gasteiger partial charge on any atom is -0.352 e. The molecule has 1 unspecified atom stereocenters. The van der Waals surface area contributed by atoms with Gasteiger partial charge in [-0.2, -0.15) is 0 Å². The first kappa shape index (κ1) is 15.5. The molecule has 0 heterocycles. The van der Waals surface area contributed by atoms with E-state index in [1.807, 2.05) is 0 Å². The van der Waals surface area contributed by atoms with E-state index in [0.29, 0.717) is 0 Å². The topological polar surface area (TPSA) is 55.1 Å². The molecule has 0 aromatic carbocycles. The van der Waals surface area contributed by atoms with Gasteiger partial charge < -0.3 is 11.1 Å². The second-order valence-corrected chi connectivity index (χ2v) is 6.42. The number of nitrogens with one attached hydrogen (secondary N) is 1. The van der Waals surface area contributed by atoms with E-state index in [-0.39, 0.29) is 11.9 Å². The molecule has 1 aliphatic carbocycles. The molecule has 1 atom stereocenters. The Morgan fingerprint density at radius 2 is 1.78 bits per heavy atom. The lowest BCUT2D eigenvalue weighted by Crippen LogP contribution is -2.56. The third-order valence-corrected chi connectivity index (χ3v) is 3.99. The molecule has 0 aromatic heterocycles. The van der Waals surface area contributed by atoms with Crippen LogP contribution in [0.2, 0.25) is 0 Å².